The second-order valence-corrected chi connectivity index (χ2v) is 5.30. The molecule has 0 atom stereocenters. The largest absolute Gasteiger partial charge is 0.241 e. The summed E-state index contributed by atoms with van der Waals surface area (Å²) >= 11 is 0. The molecule has 2 aromatic rings. The molecule has 0 saturated carbocycles. The Kier molecular flexibility index (Phi) is 3.14. The van der Waals surface area contributed by atoms with Crippen molar-refractivity contribution in [3.8, 4) is 12.3 Å². The lowest BCUT2D eigenvalue weighted by Gasteiger charge is -2.05. The lowest BCUT2D eigenvalue weighted by Crippen LogP contribution is -2.23. The third kappa shape index (κ3) is 2.47. The number of nitrogens with one attached hydrogen (secondary N) is 1. The van der Waals surface area contributed by atoms with Crippen LogP contribution >= 0.6 is 0 Å². The zero-order valence-electron chi connectivity index (χ0n) is 9.05. The van der Waals surface area contributed by atoms with E-state index in [0.717, 1.165) is 10.8 Å². The molecule has 0 aromatic heterocycles. The summed E-state index contributed by atoms with van der Waals surface area (Å²) in [5, 5.41) is 1.89. The van der Waals surface area contributed by atoms with Gasteiger partial charge in [-0.25, -0.2) is 8.42 Å². The van der Waals surface area contributed by atoms with Crippen LogP contribution in [0, 0.1) is 12.3 Å². The summed E-state index contributed by atoms with van der Waals surface area (Å²) < 4.78 is 26.0. The van der Waals surface area contributed by atoms with Crippen LogP contribution in [-0.4, -0.2) is 15.0 Å². The molecule has 0 aliphatic carbocycles. The first-order valence-electron chi connectivity index (χ1n) is 5.05. The van der Waals surface area contributed by atoms with Crippen LogP contribution in [-0.2, 0) is 10.0 Å². The minimum Gasteiger partial charge on any atom is -0.207 e. The predicted octanol–water partition coefficient (Wildman–Crippen LogP) is 1.75. The molecule has 0 aliphatic rings. The monoisotopic (exact) mass is 245 g/mol. The number of hydrogen-bond donors (Lipinski definition) is 1. The van der Waals surface area contributed by atoms with E-state index in [2.05, 4.69) is 10.6 Å². The van der Waals surface area contributed by atoms with Crippen molar-refractivity contribution in [2.75, 3.05) is 6.54 Å². The number of fused-ring (bicyclic) bond motifs is 1. The molecule has 0 radical (unpaired) electrons. The maximum atomic E-state index is 11.8. The summed E-state index contributed by atoms with van der Waals surface area (Å²) in [6.07, 6.45) is 5.03. The zero-order valence-corrected chi connectivity index (χ0v) is 9.87. The Morgan fingerprint density at radius 2 is 1.82 bits per heavy atom. The molecule has 4 heteroatoms. The Morgan fingerprint density at radius 1 is 1.12 bits per heavy atom. The van der Waals surface area contributed by atoms with Crippen LogP contribution in [0.4, 0.5) is 0 Å². The molecule has 86 valence electrons. The lowest BCUT2D eigenvalue weighted by molar-refractivity contribution is 0.586. The minimum atomic E-state index is -3.51. The fraction of sp³-hybridized carbons (Fsp3) is 0.0769. The van der Waals surface area contributed by atoms with E-state index in [1.807, 2.05) is 24.3 Å². The molecule has 3 nitrogen and oxygen atoms in total. The van der Waals surface area contributed by atoms with Crippen LogP contribution in [0.3, 0.4) is 0 Å². The van der Waals surface area contributed by atoms with Gasteiger partial charge in [-0.05, 0) is 22.9 Å². The zero-order chi connectivity index (χ0) is 12.3. The molecule has 2 aromatic carbocycles. The van der Waals surface area contributed by atoms with Gasteiger partial charge in [0, 0.05) is 0 Å². The number of rotatable bonds is 3. The Labute approximate surface area is 101 Å². The Bertz CT molecular complexity index is 684. The average molecular weight is 245 g/mol. The molecular weight excluding hydrogens is 234 g/mol. The van der Waals surface area contributed by atoms with Gasteiger partial charge in [-0.15, -0.1) is 6.42 Å². The van der Waals surface area contributed by atoms with E-state index in [1.165, 1.54) is 0 Å². The summed E-state index contributed by atoms with van der Waals surface area (Å²) in [4.78, 5) is 0.228. The van der Waals surface area contributed by atoms with Gasteiger partial charge in [0.15, 0.2) is 0 Å². The minimum absolute atomic E-state index is 0.00480. The molecule has 17 heavy (non-hydrogen) atoms. The van der Waals surface area contributed by atoms with Gasteiger partial charge in [0.1, 0.15) is 0 Å². The molecule has 0 saturated heterocycles. The Morgan fingerprint density at radius 3 is 2.53 bits per heavy atom. The van der Waals surface area contributed by atoms with E-state index < -0.39 is 10.0 Å². The van der Waals surface area contributed by atoms with E-state index in [0.29, 0.717) is 0 Å². The molecule has 0 spiro atoms. The molecule has 0 fully saturated rings. The van der Waals surface area contributed by atoms with Gasteiger partial charge in [0.2, 0.25) is 10.0 Å². The standard InChI is InChI=1S/C13H11NO2S/c1-2-9-14-17(15,16)13-8-7-11-5-3-4-6-12(11)10-13/h1,3-8,10,14H,9H2. The van der Waals surface area contributed by atoms with Gasteiger partial charge in [-0.3, -0.25) is 0 Å². The molecular formula is C13H11NO2S. The van der Waals surface area contributed by atoms with Gasteiger partial charge in [0.25, 0.3) is 0 Å². The van der Waals surface area contributed by atoms with E-state index in [4.69, 9.17) is 6.42 Å². The van der Waals surface area contributed by atoms with E-state index in [9.17, 15) is 8.42 Å². The lowest BCUT2D eigenvalue weighted by atomic mass is 10.1. The number of benzene rings is 2. The van der Waals surface area contributed by atoms with E-state index in [-0.39, 0.29) is 11.4 Å². The predicted molar refractivity (Wildman–Crippen MR) is 68.0 cm³/mol. The fourth-order valence-electron chi connectivity index (χ4n) is 1.55. The highest BCUT2D eigenvalue weighted by atomic mass is 32.2. The first-order chi connectivity index (χ1) is 8.13. The van der Waals surface area contributed by atoms with Crippen LogP contribution in [0.15, 0.2) is 47.4 Å². The maximum Gasteiger partial charge on any atom is 0.241 e. The van der Waals surface area contributed by atoms with Crippen LogP contribution < -0.4 is 4.72 Å². The van der Waals surface area contributed by atoms with Crippen molar-refractivity contribution in [2.24, 2.45) is 0 Å². The summed E-state index contributed by atoms with van der Waals surface area (Å²) in [6, 6.07) is 12.6. The normalized spacial score (nSPS) is 11.2. The second-order valence-electron chi connectivity index (χ2n) is 3.54. The molecule has 0 heterocycles. The summed E-state index contributed by atoms with van der Waals surface area (Å²) in [6.45, 7) is -0.00480. The smallest absolute Gasteiger partial charge is 0.207 e. The van der Waals surface area contributed by atoms with E-state index >= 15 is 0 Å². The van der Waals surface area contributed by atoms with E-state index in [1.54, 1.807) is 18.2 Å². The van der Waals surface area contributed by atoms with Gasteiger partial charge < -0.3 is 0 Å². The molecule has 0 bridgehead atoms. The van der Waals surface area contributed by atoms with Gasteiger partial charge >= 0.3 is 0 Å². The van der Waals surface area contributed by atoms with Crippen molar-refractivity contribution < 1.29 is 8.42 Å². The van der Waals surface area contributed by atoms with Crippen LogP contribution in [0.5, 0.6) is 0 Å². The van der Waals surface area contributed by atoms with Gasteiger partial charge in [-0.1, -0.05) is 36.3 Å². The highest BCUT2D eigenvalue weighted by molar-refractivity contribution is 7.89. The molecule has 1 N–H and O–H groups in total. The quantitative estimate of drug-likeness (QED) is 0.837. The van der Waals surface area contributed by atoms with Crippen LogP contribution in [0.2, 0.25) is 0 Å². The fourth-order valence-corrected chi connectivity index (χ4v) is 2.52. The number of sulfonamides is 1. The number of terminal acetylenes is 1. The first-order valence-corrected chi connectivity index (χ1v) is 6.54. The molecule has 2 rings (SSSR count). The van der Waals surface area contributed by atoms with Crippen molar-refractivity contribution in [3.63, 3.8) is 0 Å². The van der Waals surface area contributed by atoms with Crippen molar-refractivity contribution in [2.45, 2.75) is 4.90 Å². The Balaban J connectivity index is 2.47. The highest BCUT2D eigenvalue weighted by Gasteiger charge is 2.12. The summed E-state index contributed by atoms with van der Waals surface area (Å²) in [7, 11) is -3.51. The molecule has 0 unspecified atom stereocenters. The van der Waals surface area contributed by atoms with Crippen molar-refractivity contribution in [1.29, 1.82) is 0 Å². The summed E-state index contributed by atoms with van der Waals surface area (Å²) in [5.41, 5.74) is 0. The maximum absolute atomic E-state index is 11.8. The van der Waals surface area contributed by atoms with Crippen molar-refractivity contribution in [1.82, 2.24) is 4.72 Å². The van der Waals surface area contributed by atoms with Crippen LogP contribution in [0.1, 0.15) is 0 Å². The third-order valence-electron chi connectivity index (χ3n) is 2.40. The molecule has 0 amide bonds. The molecule has 0 aliphatic heterocycles. The van der Waals surface area contributed by atoms with Gasteiger partial charge in [-0.2, -0.15) is 4.72 Å². The average Bonchev–Trinajstić information content (AvgIpc) is 2.36. The third-order valence-corrected chi connectivity index (χ3v) is 3.79. The SMILES string of the molecule is C#CCNS(=O)(=O)c1ccc2ccccc2c1. The van der Waals surface area contributed by atoms with Gasteiger partial charge in [0.05, 0.1) is 11.4 Å². The first kappa shape index (κ1) is 11.6. The van der Waals surface area contributed by atoms with Crippen molar-refractivity contribution >= 4 is 20.8 Å². The van der Waals surface area contributed by atoms with Crippen LogP contribution in [0.25, 0.3) is 10.8 Å². The Hall–Kier alpha value is -1.83. The topological polar surface area (TPSA) is 46.2 Å². The summed E-state index contributed by atoms with van der Waals surface area (Å²) in [5.74, 6) is 2.24. The second kappa shape index (κ2) is 4.58. The van der Waals surface area contributed by atoms with Crippen molar-refractivity contribution in [3.05, 3.63) is 42.5 Å². The number of hydrogen-bond acceptors (Lipinski definition) is 2. The highest BCUT2D eigenvalue weighted by Crippen LogP contribution is 2.18.